The fourth-order valence-corrected chi connectivity index (χ4v) is 5.11. The molecule has 1 saturated carbocycles. The monoisotopic (exact) mass is 503 g/mol. The summed E-state index contributed by atoms with van der Waals surface area (Å²) in [6, 6.07) is 2.39. The Kier molecular flexibility index (Phi) is 5.80. The highest BCUT2D eigenvalue weighted by molar-refractivity contribution is 7.81. The molecular weight excluding hydrogens is 483 g/mol. The molecule has 0 atom stereocenters. The fourth-order valence-electron chi connectivity index (χ4n) is 4.64. The smallest absolute Gasteiger partial charge is 0.419 e. The molecule has 2 aliphatic heterocycles. The second kappa shape index (κ2) is 8.69. The van der Waals surface area contributed by atoms with Crippen LogP contribution in [0.4, 0.5) is 24.5 Å². The van der Waals surface area contributed by atoms with Crippen LogP contribution in [0.3, 0.4) is 0 Å². The lowest BCUT2D eigenvalue weighted by molar-refractivity contribution is -0.138. The molecule has 35 heavy (non-hydrogen) atoms. The van der Waals surface area contributed by atoms with E-state index in [2.05, 4.69) is 20.3 Å². The van der Waals surface area contributed by atoms with Crippen molar-refractivity contribution in [3.63, 3.8) is 0 Å². The molecule has 0 bridgehead atoms. The summed E-state index contributed by atoms with van der Waals surface area (Å²) >= 11 is 5.58. The zero-order valence-electron chi connectivity index (χ0n) is 18.4. The molecule has 2 saturated heterocycles. The predicted molar refractivity (Wildman–Crippen MR) is 122 cm³/mol. The van der Waals surface area contributed by atoms with Gasteiger partial charge in [0.15, 0.2) is 10.8 Å². The molecule has 3 fully saturated rings. The van der Waals surface area contributed by atoms with Crippen molar-refractivity contribution in [2.24, 2.45) is 0 Å². The molecule has 0 unspecified atom stereocenters. The summed E-state index contributed by atoms with van der Waals surface area (Å²) in [5.74, 6) is -0.441. The first-order valence-corrected chi connectivity index (χ1v) is 11.5. The minimum absolute atomic E-state index is 0.00459. The Hall–Kier alpha value is -3.37. The summed E-state index contributed by atoms with van der Waals surface area (Å²) in [6.07, 6.45) is 2.66. The van der Waals surface area contributed by atoms with Crippen LogP contribution in [-0.2, 0) is 11.0 Å². The largest absolute Gasteiger partial charge is 0.460 e. The summed E-state index contributed by atoms with van der Waals surface area (Å²) < 4.78 is 46.3. The molecule has 13 heteroatoms. The van der Waals surface area contributed by atoms with Gasteiger partial charge in [-0.1, -0.05) is 0 Å². The number of rotatable bonds is 4. The number of nitrogens with one attached hydrogen (secondary N) is 1. The van der Waals surface area contributed by atoms with Gasteiger partial charge in [-0.15, -0.1) is 0 Å². The SMILES string of the molecule is N#Cc1ncc(N2C(=O)C3(CCC3)N(c3cnc(OC4CCNCC4)nc3)C2=S)cc1C(F)(F)F. The summed E-state index contributed by atoms with van der Waals surface area (Å²) in [4.78, 5) is 28.4. The molecular formula is C22H20F3N7O2S. The zero-order valence-corrected chi connectivity index (χ0v) is 19.2. The first kappa shape index (κ1) is 23.4. The molecule has 3 aliphatic rings. The third-order valence-corrected chi connectivity index (χ3v) is 6.93. The van der Waals surface area contributed by atoms with Crippen LogP contribution in [0.2, 0.25) is 0 Å². The molecule has 2 aromatic heterocycles. The standard InChI is InChI=1S/C22H20F3N7O2S/c23-22(24,25)16-8-13(10-28-17(16)9-26)31-18(33)21(4-1-5-21)32(20(31)35)14-11-29-19(30-12-14)34-15-2-6-27-7-3-15/h8,10-12,15,27H,1-7H2. The Labute approximate surface area is 203 Å². The van der Waals surface area contributed by atoms with Crippen LogP contribution in [0.15, 0.2) is 24.7 Å². The number of nitriles is 1. The normalized spacial score (nSPS) is 20.2. The van der Waals surface area contributed by atoms with E-state index in [9.17, 15) is 18.0 Å². The average molecular weight is 504 g/mol. The number of aromatic nitrogens is 3. The van der Waals surface area contributed by atoms with Gasteiger partial charge in [-0.2, -0.15) is 18.4 Å². The fraction of sp³-hybridized carbons (Fsp3) is 0.455. The number of pyridine rings is 1. The molecule has 9 nitrogen and oxygen atoms in total. The maximum Gasteiger partial charge on any atom is 0.419 e. The van der Waals surface area contributed by atoms with Crippen molar-refractivity contribution in [3.05, 3.63) is 35.9 Å². The van der Waals surface area contributed by atoms with Gasteiger partial charge in [0.25, 0.3) is 5.91 Å². The number of halogens is 3. The number of piperidine rings is 1. The number of nitrogens with zero attached hydrogens (tertiary/aromatic N) is 6. The Morgan fingerprint density at radius 1 is 1.14 bits per heavy atom. The topological polar surface area (TPSA) is 107 Å². The molecule has 5 rings (SSSR count). The summed E-state index contributed by atoms with van der Waals surface area (Å²) in [6.45, 7) is 1.71. The van der Waals surface area contributed by atoms with E-state index in [0.29, 0.717) is 18.5 Å². The number of anilines is 2. The molecule has 2 aromatic rings. The molecule has 1 amide bonds. The van der Waals surface area contributed by atoms with Gasteiger partial charge in [0.1, 0.15) is 17.7 Å². The van der Waals surface area contributed by atoms with Crippen molar-refractivity contribution in [1.29, 1.82) is 5.26 Å². The van der Waals surface area contributed by atoms with E-state index >= 15 is 0 Å². The van der Waals surface area contributed by atoms with Crippen LogP contribution in [0.1, 0.15) is 43.4 Å². The molecule has 1 aliphatic carbocycles. The van der Waals surface area contributed by atoms with Crippen LogP contribution in [0, 0.1) is 11.3 Å². The number of hydrogen-bond donors (Lipinski definition) is 1. The van der Waals surface area contributed by atoms with Crippen LogP contribution in [0.25, 0.3) is 0 Å². The van der Waals surface area contributed by atoms with E-state index < -0.39 is 28.9 Å². The second-order valence-corrected chi connectivity index (χ2v) is 9.00. The Bertz CT molecular complexity index is 1210. The summed E-state index contributed by atoms with van der Waals surface area (Å²) in [5.41, 5.74) is -2.72. The highest BCUT2D eigenvalue weighted by Gasteiger charge is 2.60. The predicted octanol–water partition coefficient (Wildman–Crippen LogP) is 2.95. The van der Waals surface area contributed by atoms with Crippen LogP contribution in [-0.4, -0.2) is 50.7 Å². The van der Waals surface area contributed by atoms with E-state index in [0.717, 1.165) is 49.5 Å². The van der Waals surface area contributed by atoms with Crippen molar-refractivity contribution in [2.75, 3.05) is 22.9 Å². The van der Waals surface area contributed by atoms with Crippen LogP contribution < -0.4 is 19.9 Å². The molecule has 1 N–H and O–H groups in total. The summed E-state index contributed by atoms with van der Waals surface area (Å²) in [7, 11) is 0. The minimum Gasteiger partial charge on any atom is -0.460 e. The Morgan fingerprint density at radius 3 is 2.37 bits per heavy atom. The second-order valence-electron chi connectivity index (χ2n) is 8.63. The van der Waals surface area contributed by atoms with E-state index in [1.54, 1.807) is 4.90 Å². The lowest BCUT2D eigenvalue weighted by Gasteiger charge is -2.42. The van der Waals surface area contributed by atoms with Crippen LogP contribution in [0.5, 0.6) is 6.01 Å². The highest BCUT2D eigenvalue weighted by Crippen LogP contribution is 2.48. The van der Waals surface area contributed by atoms with Gasteiger partial charge >= 0.3 is 12.2 Å². The van der Waals surface area contributed by atoms with Crippen molar-refractivity contribution in [3.8, 4) is 12.1 Å². The van der Waals surface area contributed by atoms with E-state index in [-0.39, 0.29) is 22.9 Å². The number of hydrogen-bond acceptors (Lipinski definition) is 8. The van der Waals surface area contributed by atoms with E-state index in [1.165, 1.54) is 18.5 Å². The molecule has 0 aromatic carbocycles. The first-order chi connectivity index (χ1) is 16.7. The quantitative estimate of drug-likeness (QED) is 0.630. The molecule has 4 heterocycles. The third kappa shape index (κ3) is 3.96. The van der Waals surface area contributed by atoms with Gasteiger partial charge in [0, 0.05) is 0 Å². The number of carbonyl (C=O) groups is 1. The lowest BCUT2D eigenvalue weighted by atomic mass is 9.75. The third-order valence-electron chi connectivity index (χ3n) is 6.57. The van der Waals surface area contributed by atoms with E-state index in [4.69, 9.17) is 22.2 Å². The minimum atomic E-state index is -4.82. The summed E-state index contributed by atoms with van der Waals surface area (Å²) in [5, 5.41) is 12.3. The van der Waals surface area contributed by atoms with Crippen molar-refractivity contribution in [2.45, 2.75) is 49.9 Å². The molecule has 182 valence electrons. The Morgan fingerprint density at radius 2 is 1.80 bits per heavy atom. The maximum atomic E-state index is 13.5. The van der Waals surface area contributed by atoms with Gasteiger partial charge < -0.3 is 10.1 Å². The van der Waals surface area contributed by atoms with Gasteiger partial charge in [-0.25, -0.2) is 15.0 Å². The van der Waals surface area contributed by atoms with Gasteiger partial charge in [0.05, 0.1) is 35.5 Å². The van der Waals surface area contributed by atoms with Crippen molar-refractivity contribution < 1.29 is 22.7 Å². The number of ether oxygens (including phenoxy) is 1. The average Bonchev–Trinajstić information content (AvgIpc) is 3.06. The number of alkyl halides is 3. The lowest BCUT2D eigenvalue weighted by Crippen LogP contribution is -2.55. The number of amides is 1. The van der Waals surface area contributed by atoms with Crippen molar-refractivity contribution in [1.82, 2.24) is 20.3 Å². The van der Waals surface area contributed by atoms with Gasteiger partial charge in [-0.05, 0) is 63.5 Å². The van der Waals surface area contributed by atoms with Gasteiger partial charge in [-0.3, -0.25) is 14.6 Å². The van der Waals surface area contributed by atoms with E-state index in [1.807, 2.05) is 0 Å². The van der Waals surface area contributed by atoms with Crippen molar-refractivity contribution >= 4 is 34.6 Å². The first-order valence-electron chi connectivity index (χ1n) is 11.1. The highest BCUT2D eigenvalue weighted by atomic mass is 32.1. The Balaban J connectivity index is 1.46. The maximum absolute atomic E-state index is 13.5. The number of thiocarbonyl (C=S) groups is 1. The molecule has 1 spiro atoms. The zero-order chi connectivity index (χ0) is 24.8. The van der Waals surface area contributed by atoms with Crippen LogP contribution >= 0.6 is 12.2 Å². The van der Waals surface area contributed by atoms with Gasteiger partial charge in [0.2, 0.25) is 0 Å². The molecule has 0 radical (unpaired) electrons. The number of carbonyl (C=O) groups excluding carboxylic acids is 1.